The van der Waals surface area contributed by atoms with Crippen LogP contribution >= 0.6 is 23.2 Å². The first-order chi connectivity index (χ1) is 9.06. The SMILES string of the molecule is CCC(=O)C12CNCCC1(c1ccc(Cl)c(Cl)c1)C2. The van der Waals surface area contributed by atoms with E-state index >= 15 is 0 Å². The third kappa shape index (κ3) is 1.77. The number of hydrogen-bond acceptors (Lipinski definition) is 2. The zero-order valence-electron chi connectivity index (χ0n) is 10.9. The van der Waals surface area contributed by atoms with Crippen molar-refractivity contribution in [2.75, 3.05) is 13.1 Å². The van der Waals surface area contributed by atoms with Crippen molar-refractivity contribution in [2.45, 2.75) is 31.6 Å². The lowest BCUT2D eigenvalue weighted by atomic mass is 9.78. The Morgan fingerprint density at radius 2 is 2.16 bits per heavy atom. The van der Waals surface area contributed by atoms with Gasteiger partial charge >= 0.3 is 0 Å². The Kier molecular flexibility index (Phi) is 3.16. The standard InChI is InChI=1S/C15H17Cl2NO/c1-2-13(19)15-8-14(15,5-6-18-9-15)10-3-4-11(16)12(17)7-10/h3-4,7,18H,2,5-6,8-9H2,1H3. The number of hydrogen-bond donors (Lipinski definition) is 1. The van der Waals surface area contributed by atoms with Crippen molar-refractivity contribution in [1.82, 2.24) is 5.32 Å². The molecule has 2 nitrogen and oxygen atoms in total. The van der Waals surface area contributed by atoms with Gasteiger partial charge in [0.05, 0.1) is 15.5 Å². The second-order valence-electron chi connectivity index (χ2n) is 5.67. The van der Waals surface area contributed by atoms with E-state index in [1.807, 2.05) is 25.1 Å². The summed E-state index contributed by atoms with van der Waals surface area (Å²) in [4.78, 5) is 12.4. The van der Waals surface area contributed by atoms with Crippen molar-refractivity contribution in [3.8, 4) is 0 Å². The molecule has 4 heteroatoms. The molecule has 0 bridgehead atoms. The Labute approximate surface area is 123 Å². The van der Waals surface area contributed by atoms with Crippen molar-refractivity contribution in [1.29, 1.82) is 0 Å². The van der Waals surface area contributed by atoms with Crippen LogP contribution in [-0.2, 0) is 10.2 Å². The highest BCUT2D eigenvalue weighted by Gasteiger charge is 2.71. The average molecular weight is 298 g/mol. The zero-order valence-corrected chi connectivity index (χ0v) is 12.4. The summed E-state index contributed by atoms with van der Waals surface area (Å²) >= 11 is 12.1. The molecular formula is C15H17Cl2NO. The zero-order chi connectivity index (χ0) is 13.7. The third-order valence-electron chi connectivity index (χ3n) is 4.88. The van der Waals surface area contributed by atoms with Gasteiger partial charge in [0.1, 0.15) is 5.78 Å². The van der Waals surface area contributed by atoms with Gasteiger partial charge in [-0.25, -0.2) is 0 Å². The number of rotatable bonds is 3. The average Bonchev–Trinajstić information content (AvgIpc) is 3.13. The number of carbonyl (C=O) groups excluding carboxylic acids is 1. The fraction of sp³-hybridized carbons (Fsp3) is 0.533. The van der Waals surface area contributed by atoms with E-state index in [2.05, 4.69) is 5.32 Å². The van der Waals surface area contributed by atoms with Crippen LogP contribution in [0.4, 0.5) is 0 Å². The number of nitrogens with one attached hydrogen (secondary N) is 1. The molecule has 102 valence electrons. The van der Waals surface area contributed by atoms with Gasteiger partial charge in [-0.2, -0.15) is 0 Å². The second-order valence-corrected chi connectivity index (χ2v) is 6.49. The van der Waals surface area contributed by atoms with Gasteiger partial charge in [-0.15, -0.1) is 0 Å². The van der Waals surface area contributed by atoms with Gasteiger partial charge in [-0.3, -0.25) is 4.79 Å². The molecule has 0 aromatic heterocycles. The van der Waals surface area contributed by atoms with Crippen LogP contribution < -0.4 is 5.32 Å². The summed E-state index contributed by atoms with van der Waals surface area (Å²) in [6.45, 7) is 3.70. The molecule has 3 rings (SSSR count). The molecule has 1 N–H and O–H groups in total. The fourth-order valence-electron chi connectivity index (χ4n) is 3.75. The minimum Gasteiger partial charge on any atom is -0.316 e. The van der Waals surface area contributed by atoms with E-state index in [0.29, 0.717) is 22.2 Å². The fourth-order valence-corrected chi connectivity index (χ4v) is 4.05. The molecule has 0 amide bonds. The Bertz CT molecular complexity index is 545. The highest BCUT2D eigenvalue weighted by atomic mass is 35.5. The first kappa shape index (κ1) is 13.4. The molecule has 1 aliphatic carbocycles. The van der Waals surface area contributed by atoms with E-state index < -0.39 is 0 Å². The van der Waals surface area contributed by atoms with Crippen molar-refractivity contribution < 1.29 is 4.79 Å². The number of carbonyl (C=O) groups is 1. The van der Waals surface area contributed by atoms with E-state index in [0.717, 1.165) is 25.9 Å². The van der Waals surface area contributed by atoms with Gasteiger partial charge in [0.2, 0.25) is 0 Å². The summed E-state index contributed by atoms with van der Waals surface area (Å²) in [5.74, 6) is 0.366. The summed E-state index contributed by atoms with van der Waals surface area (Å²) in [5, 5.41) is 4.53. The molecule has 0 radical (unpaired) electrons. The quantitative estimate of drug-likeness (QED) is 0.924. The van der Waals surface area contributed by atoms with Crippen LogP contribution in [0.3, 0.4) is 0 Å². The maximum Gasteiger partial charge on any atom is 0.140 e. The number of fused-ring (bicyclic) bond motifs is 1. The Hall–Kier alpha value is -0.570. The molecule has 1 saturated carbocycles. The monoisotopic (exact) mass is 297 g/mol. The van der Waals surface area contributed by atoms with E-state index in [-0.39, 0.29) is 10.8 Å². The molecule has 1 heterocycles. The summed E-state index contributed by atoms with van der Waals surface area (Å²) < 4.78 is 0. The van der Waals surface area contributed by atoms with Crippen molar-refractivity contribution in [3.63, 3.8) is 0 Å². The van der Waals surface area contributed by atoms with Crippen LogP contribution in [0.2, 0.25) is 10.0 Å². The molecule has 1 aromatic carbocycles. The molecule has 0 spiro atoms. The summed E-state index contributed by atoms with van der Waals surface area (Å²) in [6.07, 6.45) is 2.54. The predicted molar refractivity (Wildman–Crippen MR) is 78.0 cm³/mol. The molecular weight excluding hydrogens is 281 g/mol. The first-order valence-corrected chi connectivity index (χ1v) is 7.51. The predicted octanol–water partition coefficient (Wildman–Crippen LogP) is 3.59. The maximum atomic E-state index is 12.4. The minimum atomic E-state index is -0.211. The minimum absolute atomic E-state index is 0.0143. The highest BCUT2D eigenvalue weighted by Crippen LogP contribution is 2.68. The third-order valence-corrected chi connectivity index (χ3v) is 5.62. The Morgan fingerprint density at radius 1 is 1.37 bits per heavy atom. The molecule has 1 saturated heterocycles. The lowest BCUT2D eigenvalue weighted by molar-refractivity contribution is -0.124. The van der Waals surface area contributed by atoms with E-state index in [4.69, 9.17) is 23.2 Å². The molecule has 1 aromatic rings. The van der Waals surface area contributed by atoms with Crippen LogP contribution in [0.25, 0.3) is 0 Å². The molecule has 2 fully saturated rings. The van der Waals surface area contributed by atoms with Gasteiger partial charge in [-0.1, -0.05) is 36.2 Å². The highest BCUT2D eigenvalue weighted by molar-refractivity contribution is 6.42. The Morgan fingerprint density at radius 3 is 2.84 bits per heavy atom. The molecule has 2 unspecified atom stereocenters. The van der Waals surface area contributed by atoms with Gasteiger partial charge in [0.15, 0.2) is 0 Å². The van der Waals surface area contributed by atoms with Crippen LogP contribution in [-0.4, -0.2) is 18.9 Å². The molecule has 19 heavy (non-hydrogen) atoms. The Balaban J connectivity index is 2.03. The van der Waals surface area contributed by atoms with E-state index in [1.54, 1.807) is 0 Å². The summed E-state index contributed by atoms with van der Waals surface area (Å²) in [6, 6.07) is 5.82. The van der Waals surface area contributed by atoms with Crippen LogP contribution in [0.1, 0.15) is 31.7 Å². The number of piperidine rings is 1. The number of halogens is 2. The first-order valence-electron chi connectivity index (χ1n) is 6.75. The van der Waals surface area contributed by atoms with Gasteiger partial charge in [0.25, 0.3) is 0 Å². The van der Waals surface area contributed by atoms with Crippen molar-refractivity contribution >= 4 is 29.0 Å². The maximum absolute atomic E-state index is 12.4. The summed E-state index contributed by atoms with van der Waals surface area (Å²) in [5.41, 5.74) is 0.946. The van der Waals surface area contributed by atoms with Crippen LogP contribution in [0.5, 0.6) is 0 Å². The smallest absolute Gasteiger partial charge is 0.140 e. The van der Waals surface area contributed by atoms with Crippen LogP contribution in [0, 0.1) is 5.41 Å². The van der Waals surface area contributed by atoms with Gasteiger partial charge in [0, 0.05) is 18.4 Å². The molecule has 2 atom stereocenters. The molecule has 1 aliphatic heterocycles. The van der Waals surface area contributed by atoms with Crippen LogP contribution in [0.15, 0.2) is 18.2 Å². The summed E-state index contributed by atoms with van der Waals surface area (Å²) in [7, 11) is 0. The lowest BCUT2D eigenvalue weighted by Crippen LogP contribution is -2.42. The topological polar surface area (TPSA) is 29.1 Å². The van der Waals surface area contributed by atoms with Gasteiger partial charge in [-0.05, 0) is 37.1 Å². The molecule has 2 aliphatic rings. The number of ketones is 1. The van der Waals surface area contributed by atoms with E-state index in [1.165, 1.54) is 5.56 Å². The second kappa shape index (κ2) is 4.47. The lowest BCUT2D eigenvalue weighted by Gasteiger charge is -2.30. The van der Waals surface area contributed by atoms with E-state index in [9.17, 15) is 4.79 Å². The number of Topliss-reactive ketones (excluding diaryl/α,β-unsaturated/α-hetero) is 1. The largest absolute Gasteiger partial charge is 0.316 e. The van der Waals surface area contributed by atoms with Crippen molar-refractivity contribution in [2.24, 2.45) is 5.41 Å². The van der Waals surface area contributed by atoms with Crippen molar-refractivity contribution in [3.05, 3.63) is 33.8 Å². The number of benzene rings is 1. The normalized spacial score (nSPS) is 32.8. The van der Waals surface area contributed by atoms with Gasteiger partial charge < -0.3 is 5.32 Å².